The molecule has 1 amide bonds. The van der Waals surface area contributed by atoms with Crippen molar-refractivity contribution in [1.82, 2.24) is 4.90 Å². The van der Waals surface area contributed by atoms with E-state index < -0.39 is 29.4 Å². The quantitative estimate of drug-likeness (QED) is 0.773. The van der Waals surface area contributed by atoms with Crippen LogP contribution in [0.1, 0.15) is 33.6 Å². The second-order valence-electron chi connectivity index (χ2n) is 6.02. The third-order valence-corrected chi connectivity index (χ3v) is 3.20. The number of ether oxygens (including phenoxy) is 2. The van der Waals surface area contributed by atoms with Gasteiger partial charge in [-0.3, -0.25) is 4.90 Å². The summed E-state index contributed by atoms with van der Waals surface area (Å²) in [5, 5.41) is 0. The van der Waals surface area contributed by atoms with Gasteiger partial charge >= 0.3 is 12.1 Å². The molecule has 0 spiro atoms. The zero-order valence-electron chi connectivity index (χ0n) is 12.4. The molecule has 0 aromatic heterocycles. The van der Waals surface area contributed by atoms with E-state index in [-0.39, 0.29) is 25.9 Å². The second kappa shape index (κ2) is 5.95. The summed E-state index contributed by atoms with van der Waals surface area (Å²) in [4.78, 5) is 25.1. The predicted molar refractivity (Wildman–Crippen MR) is 70.9 cm³/mol. The Morgan fingerprint density at radius 2 is 2.05 bits per heavy atom. The minimum absolute atomic E-state index is 0.0718. The van der Waals surface area contributed by atoms with Crippen LogP contribution in [0.5, 0.6) is 0 Å². The number of nitrogens with two attached hydrogens (primary N) is 1. The Hall–Kier alpha value is -1.37. The molecule has 0 aliphatic carbocycles. The van der Waals surface area contributed by atoms with E-state index in [4.69, 9.17) is 10.5 Å². The van der Waals surface area contributed by atoms with Crippen LogP contribution in [0.15, 0.2) is 0 Å². The van der Waals surface area contributed by atoms with E-state index in [1.54, 1.807) is 20.8 Å². The normalized spacial score (nSPS) is 27.1. The van der Waals surface area contributed by atoms with Gasteiger partial charge in [-0.2, -0.15) is 0 Å². The van der Waals surface area contributed by atoms with Crippen molar-refractivity contribution in [3.05, 3.63) is 0 Å². The van der Waals surface area contributed by atoms with E-state index in [9.17, 15) is 14.0 Å². The van der Waals surface area contributed by atoms with Gasteiger partial charge in [-0.1, -0.05) is 0 Å². The third-order valence-electron chi connectivity index (χ3n) is 3.20. The number of piperidine rings is 1. The third kappa shape index (κ3) is 4.06. The lowest BCUT2D eigenvalue weighted by Gasteiger charge is -2.40. The number of halogens is 1. The fourth-order valence-corrected chi connectivity index (χ4v) is 2.11. The van der Waals surface area contributed by atoms with Gasteiger partial charge in [0.1, 0.15) is 17.3 Å². The molecule has 20 heavy (non-hydrogen) atoms. The molecule has 0 saturated carbocycles. The molecule has 1 heterocycles. The molecule has 1 fully saturated rings. The molecule has 0 radical (unpaired) electrons. The van der Waals surface area contributed by atoms with Crippen LogP contribution in [0.25, 0.3) is 0 Å². The van der Waals surface area contributed by atoms with Gasteiger partial charge in [-0.15, -0.1) is 0 Å². The number of methoxy groups -OCH3 is 1. The highest BCUT2D eigenvalue weighted by Crippen LogP contribution is 2.31. The van der Waals surface area contributed by atoms with Crippen LogP contribution >= 0.6 is 0 Å². The van der Waals surface area contributed by atoms with Crippen molar-refractivity contribution in [2.24, 2.45) is 5.73 Å². The molecule has 1 saturated heterocycles. The lowest BCUT2D eigenvalue weighted by molar-refractivity contribution is -0.150. The molecule has 0 aromatic rings. The van der Waals surface area contributed by atoms with Crippen molar-refractivity contribution in [1.29, 1.82) is 0 Å². The zero-order chi connectivity index (χ0) is 15.6. The number of likely N-dealkylation sites (tertiary alicyclic amines) is 1. The summed E-state index contributed by atoms with van der Waals surface area (Å²) < 4.78 is 24.2. The Bertz CT molecular complexity index is 383. The highest BCUT2D eigenvalue weighted by molar-refractivity contribution is 5.82. The molecular weight excluding hydrogens is 267 g/mol. The average Bonchev–Trinajstić information content (AvgIpc) is 2.35. The van der Waals surface area contributed by atoms with Gasteiger partial charge in [0.25, 0.3) is 0 Å². The standard InChI is InChI=1S/C13H23FN2O4/c1-12(2,3)20-11(18)16-6-5-13(14,8-15)7-9(16)10(17)19-4/h9H,5-8,15H2,1-4H3/t9?,13-/m0/s1. The summed E-state index contributed by atoms with van der Waals surface area (Å²) in [6, 6.07) is -1.00. The van der Waals surface area contributed by atoms with Crippen molar-refractivity contribution in [3.8, 4) is 0 Å². The summed E-state index contributed by atoms with van der Waals surface area (Å²) >= 11 is 0. The van der Waals surface area contributed by atoms with Crippen molar-refractivity contribution in [2.45, 2.75) is 50.9 Å². The Morgan fingerprint density at radius 3 is 2.50 bits per heavy atom. The molecule has 1 rings (SSSR count). The fraction of sp³-hybridized carbons (Fsp3) is 0.846. The average molecular weight is 290 g/mol. The van der Waals surface area contributed by atoms with Gasteiger partial charge in [0.05, 0.1) is 7.11 Å². The number of hydrogen-bond acceptors (Lipinski definition) is 5. The summed E-state index contributed by atoms with van der Waals surface area (Å²) in [5.41, 5.74) is 3.06. The van der Waals surface area contributed by atoms with Crippen LogP contribution in [0.2, 0.25) is 0 Å². The summed E-state index contributed by atoms with van der Waals surface area (Å²) in [6.45, 7) is 5.05. The van der Waals surface area contributed by atoms with E-state index in [0.29, 0.717) is 0 Å². The van der Waals surface area contributed by atoms with Crippen LogP contribution in [0.4, 0.5) is 9.18 Å². The number of alkyl halides is 1. The van der Waals surface area contributed by atoms with Crippen molar-refractivity contribution in [3.63, 3.8) is 0 Å². The highest BCUT2D eigenvalue weighted by Gasteiger charge is 2.45. The number of carbonyl (C=O) groups is 2. The molecule has 1 aliphatic heterocycles. The number of rotatable bonds is 2. The number of carbonyl (C=O) groups excluding carboxylic acids is 2. The molecule has 2 atom stereocenters. The number of hydrogen-bond donors (Lipinski definition) is 1. The van der Waals surface area contributed by atoms with Gasteiger partial charge < -0.3 is 15.2 Å². The molecule has 1 aliphatic rings. The molecular formula is C13H23FN2O4. The van der Waals surface area contributed by atoms with E-state index in [2.05, 4.69) is 4.74 Å². The molecule has 6 nitrogen and oxygen atoms in total. The van der Waals surface area contributed by atoms with E-state index in [1.165, 1.54) is 12.0 Å². The first-order valence-electron chi connectivity index (χ1n) is 6.58. The van der Waals surface area contributed by atoms with Gasteiger partial charge in [0.15, 0.2) is 0 Å². The van der Waals surface area contributed by atoms with Crippen LogP contribution in [0, 0.1) is 0 Å². The Labute approximate surface area is 118 Å². The molecule has 0 aromatic carbocycles. The van der Waals surface area contributed by atoms with Crippen LogP contribution in [-0.2, 0) is 14.3 Å². The number of nitrogens with zero attached hydrogens (tertiary/aromatic N) is 1. The molecule has 2 N–H and O–H groups in total. The zero-order valence-corrected chi connectivity index (χ0v) is 12.4. The smallest absolute Gasteiger partial charge is 0.411 e. The first-order chi connectivity index (χ1) is 9.12. The Morgan fingerprint density at radius 1 is 1.45 bits per heavy atom. The number of amides is 1. The summed E-state index contributed by atoms with van der Waals surface area (Å²) in [6.07, 6.45) is -0.738. The monoisotopic (exact) mass is 290 g/mol. The van der Waals surface area contributed by atoms with Crippen LogP contribution < -0.4 is 5.73 Å². The molecule has 0 bridgehead atoms. The summed E-state index contributed by atoms with van der Waals surface area (Å²) in [5.74, 6) is -0.661. The van der Waals surface area contributed by atoms with Gasteiger partial charge in [-0.25, -0.2) is 14.0 Å². The first-order valence-corrected chi connectivity index (χ1v) is 6.58. The van der Waals surface area contributed by atoms with Crippen LogP contribution in [-0.4, -0.2) is 54.5 Å². The fourth-order valence-electron chi connectivity index (χ4n) is 2.11. The van der Waals surface area contributed by atoms with Crippen LogP contribution in [0.3, 0.4) is 0 Å². The largest absolute Gasteiger partial charge is 0.467 e. The lowest BCUT2D eigenvalue weighted by atomic mass is 9.88. The number of esters is 1. The summed E-state index contributed by atoms with van der Waals surface area (Å²) in [7, 11) is 1.20. The highest BCUT2D eigenvalue weighted by atomic mass is 19.1. The molecule has 116 valence electrons. The predicted octanol–water partition coefficient (Wildman–Crippen LogP) is 1.23. The second-order valence-corrected chi connectivity index (χ2v) is 6.02. The van der Waals surface area contributed by atoms with Crippen molar-refractivity contribution < 1.29 is 23.5 Å². The maximum absolute atomic E-state index is 14.3. The van der Waals surface area contributed by atoms with Gasteiger partial charge in [-0.05, 0) is 20.8 Å². The maximum Gasteiger partial charge on any atom is 0.411 e. The molecule has 1 unspecified atom stereocenters. The van der Waals surface area contributed by atoms with E-state index in [0.717, 1.165) is 0 Å². The topological polar surface area (TPSA) is 81.9 Å². The SMILES string of the molecule is COC(=O)C1C[C@](F)(CN)CCN1C(=O)OC(C)(C)C. The lowest BCUT2D eigenvalue weighted by Crippen LogP contribution is -2.57. The van der Waals surface area contributed by atoms with Gasteiger partial charge in [0, 0.05) is 25.9 Å². The minimum atomic E-state index is -1.66. The first kappa shape index (κ1) is 16.7. The van der Waals surface area contributed by atoms with E-state index in [1.807, 2.05) is 0 Å². The van der Waals surface area contributed by atoms with Crippen molar-refractivity contribution >= 4 is 12.1 Å². The maximum atomic E-state index is 14.3. The minimum Gasteiger partial charge on any atom is -0.467 e. The van der Waals surface area contributed by atoms with Crippen molar-refractivity contribution in [2.75, 3.05) is 20.2 Å². The van der Waals surface area contributed by atoms with E-state index >= 15 is 0 Å². The molecule has 7 heteroatoms. The van der Waals surface area contributed by atoms with Gasteiger partial charge in [0.2, 0.25) is 0 Å². The Balaban J connectivity index is 2.89. The Kier molecular flexibility index (Phi) is 4.96.